The number of carbonyl (C=O) groups excluding carboxylic acids is 1. The molecule has 0 fully saturated rings. The van der Waals surface area contributed by atoms with Crippen LogP contribution in [0, 0.1) is 0 Å². The zero-order valence-corrected chi connectivity index (χ0v) is 11.7. The van der Waals surface area contributed by atoms with Crippen LogP contribution < -0.4 is 15.4 Å². The average Bonchev–Trinajstić information content (AvgIpc) is 2.63. The van der Waals surface area contributed by atoms with Crippen molar-refractivity contribution in [1.29, 1.82) is 0 Å². The summed E-state index contributed by atoms with van der Waals surface area (Å²) in [4.78, 5) is 14.2. The fourth-order valence-electron chi connectivity index (χ4n) is 1.76. The van der Waals surface area contributed by atoms with E-state index in [0.29, 0.717) is 16.3 Å². The molecule has 0 amide bonds. The molecule has 17 heavy (non-hydrogen) atoms. The summed E-state index contributed by atoms with van der Waals surface area (Å²) in [5.41, 5.74) is 6.41. The van der Waals surface area contributed by atoms with Gasteiger partial charge in [0.1, 0.15) is 5.00 Å². The van der Waals surface area contributed by atoms with E-state index in [9.17, 15) is 4.79 Å². The highest BCUT2D eigenvalue weighted by Crippen LogP contribution is 2.44. The molecule has 0 saturated heterocycles. The summed E-state index contributed by atoms with van der Waals surface area (Å²) >= 11 is 1.42. The summed E-state index contributed by atoms with van der Waals surface area (Å²) < 4.78 is 5.33. The lowest BCUT2D eigenvalue weighted by atomic mass is 10.3. The first-order chi connectivity index (χ1) is 8.06. The number of hydrogen-bond donors (Lipinski definition) is 1. The van der Waals surface area contributed by atoms with Gasteiger partial charge in [0.15, 0.2) is 11.5 Å². The summed E-state index contributed by atoms with van der Waals surface area (Å²) in [7, 11) is 1.59. The molecule has 2 N–H and O–H groups in total. The quantitative estimate of drug-likeness (QED) is 0.795. The highest BCUT2D eigenvalue weighted by molar-refractivity contribution is 7.19. The van der Waals surface area contributed by atoms with Gasteiger partial charge in [0, 0.05) is 20.0 Å². The minimum atomic E-state index is -0.00963. The van der Waals surface area contributed by atoms with Crippen LogP contribution in [0.2, 0.25) is 0 Å². The molecule has 0 aromatic carbocycles. The molecule has 1 aromatic heterocycles. The summed E-state index contributed by atoms with van der Waals surface area (Å²) in [5.74, 6) is 0.625. The smallest absolute Gasteiger partial charge is 0.177 e. The Morgan fingerprint density at radius 2 is 2.12 bits per heavy atom. The average molecular weight is 256 g/mol. The molecule has 0 bridgehead atoms. The van der Waals surface area contributed by atoms with Crippen molar-refractivity contribution in [3.63, 3.8) is 0 Å². The van der Waals surface area contributed by atoms with Crippen molar-refractivity contribution >= 4 is 27.8 Å². The Hall–Kier alpha value is -1.23. The lowest BCUT2D eigenvalue weighted by molar-refractivity contribution is 0.102. The number of Topliss-reactive ketones (excluding diaryl/α,β-unsaturated/α-hetero) is 1. The molecule has 0 radical (unpaired) electrons. The number of ether oxygens (including phenoxy) is 1. The maximum Gasteiger partial charge on any atom is 0.177 e. The Balaban J connectivity index is 3.22. The van der Waals surface area contributed by atoms with Crippen molar-refractivity contribution in [2.45, 2.75) is 27.2 Å². The molecule has 0 aliphatic rings. The zero-order valence-electron chi connectivity index (χ0n) is 10.9. The normalized spacial score (nSPS) is 10.4. The summed E-state index contributed by atoms with van der Waals surface area (Å²) in [5, 5.41) is 0.958. The van der Waals surface area contributed by atoms with Crippen molar-refractivity contribution in [1.82, 2.24) is 0 Å². The maximum absolute atomic E-state index is 11.5. The molecule has 0 saturated carbocycles. The lowest BCUT2D eigenvalue weighted by Crippen LogP contribution is -2.22. The highest BCUT2D eigenvalue weighted by Gasteiger charge is 2.22. The van der Waals surface area contributed by atoms with Gasteiger partial charge in [0.05, 0.1) is 17.7 Å². The number of methoxy groups -OCH3 is 1. The van der Waals surface area contributed by atoms with E-state index in [2.05, 4.69) is 18.7 Å². The van der Waals surface area contributed by atoms with Crippen LogP contribution in [0.1, 0.15) is 36.9 Å². The van der Waals surface area contributed by atoms with Gasteiger partial charge in [0.2, 0.25) is 0 Å². The fraction of sp³-hybridized carbons (Fsp3) is 0.583. The van der Waals surface area contributed by atoms with E-state index in [1.807, 2.05) is 0 Å². The van der Waals surface area contributed by atoms with E-state index in [-0.39, 0.29) is 5.78 Å². The predicted octanol–water partition coefficient (Wildman–Crippen LogP) is 2.78. The molecule has 4 nitrogen and oxygen atoms in total. The molecule has 0 aliphatic carbocycles. The predicted molar refractivity (Wildman–Crippen MR) is 73.5 cm³/mol. The first-order valence-corrected chi connectivity index (χ1v) is 6.60. The SMILES string of the molecule is CCCN(CC)c1sc(C(C)=O)c(N)c1OC. The van der Waals surface area contributed by atoms with Gasteiger partial charge in [-0.3, -0.25) is 4.79 Å². The molecule has 0 atom stereocenters. The van der Waals surface area contributed by atoms with E-state index in [0.717, 1.165) is 24.5 Å². The second-order valence-electron chi connectivity index (χ2n) is 3.82. The second kappa shape index (κ2) is 5.91. The Morgan fingerprint density at radius 3 is 2.53 bits per heavy atom. The zero-order chi connectivity index (χ0) is 13.0. The van der Waals surface area contributed by atoms with E-state index >= 15 is 0 Å². The van der Waals surface area contributed by atoms with Gasteiger partial charge in [-0.15, -0.1) is 11.3 Å². The van der Waals surface area contributed by atoms with E-state index < -0.39 is 0 Å². The van der Waals surface area contributed by atoms with Gasteiger partial charge in [-0.05, 0) is 13.3 Å². The number of nitrogens with zero attached hydrogens (tertiary/aromatic N) is 1. The van der Waals surface area contributed by atoms with Gasteiger partial charge in [-0.2, -0.15) is 0 Å². The van der Waals surface area contributed by atoms with Crippen LogP contribution >= 0.6 is 11.3 Å². The van der Waals surface area contributed by atoms with Crippen molar-refractivity contribution < 1.29 is 9.53 Å². The molecular formula is C12H20N2O2S. The number of ketones is 1. The summed E-state index contributed by atoms with van der Waals surface area (Å²) in [6.07, 6.45) is 1.05. The van der Waals surface area contributed by atoms with Crippen LogP contribution in [0.25, 0.3) is 0 Å². The first-order valence-electron chi connectivity index (χ1n) is 5.78. The van der Waals surface area contributed by atoms with Gasteiger partial charge < -0.3 is 15.4 Å². The number of rotatable bonds is 6. The third-order valence-electron chi connectivity index (χ3n) is 2.57. The fourth-order valence-corrected chi connectivity index (χ4v) is 2.93. The standard InChI is InChI=1S/C12H20N2O2S/c1-5-7-14(6-2)12-10(16-4)9(13)11(17-12)8(3)15/h5-7,13H2,1-4H3. The minimum absolute atomic E-state index is 0.00963. The van der Waals surface area contributed by atoms with Crippen LogP contribution in [0.4, 0.5) is 10.7 Å². The van der Waals surface area contributed by atoms with Crippen LogP contribution in [0.15, 0.2) is 0 Å². The monoisotopic (exact) mass is 256 g/mol. The Labute approximate surface area is 106 Å². The number of nitrogens with two attached hydrogens (primary N) is 1. The Kier molecular flexibility index (Phi) is 4.81. The molecule has 5 heteroatoms. The second-order valence-corrected chi connectivity index (χ2v) is 4.82. The molecule has 0 aliphatic heterocycles. The van der Waals surface area contributed by atoms with Crippen LogP contribution in [-0.2, 0) is 0 Å². The number of nitrogen functional groups attached to an aromatic ring is 1. The summed E-state index contributed by atoms with van der Waals surface area (Å²) in [6, 6.07) is 0. The van der Waals surface area contributed by atoms with Crippen LogP contribution in [0.3, 0.4) is 0 Å². The van der Waals surface area contributed by atoms with E-state index in [1.54, 1.807) is 7.11 Å². The number of hydrogen-bond acceptors (Lipinski definition) is 5. The maximum atomic E-state index is 11.5. The molecule has 0 spiro atoms. The Morgan fingerprint density at radius 1 is 1.47 bits per heavy atom. The third kappa shape index (κ3) is 2.72. The van der Waals surface area contributed by atoms with Gasteiger partial charge >= 0.3 is 0 Å². The molecule has 1 aromatic rings. The molecule has 1 rings (SSSR count). The van der Waals surface area contributed by atoms with Gasteiger partial charge in [-0.1, -0.05) is 6.92 Å². The van der Waals surface area contributed by atoms with Gasteiger partial charge in [0.25, 0.3) is 0 Å². The number of carbonyl (C=O) groups is 1. The van der Waals surface area contributed by atoms with Crippen LogP contribution in [0.5, 0.6) is 5.75 Å². The number of anilines is 2. The van der Waals surface area contributed by atoms with Crippen molar-refractivity contribution in [3.05, 3.63) is 4.88 Å². The summed E-state index contributed by atoms with van der Waals surface area (Å²) in [6.45, 7) is 7.55. The largest absolute Gasteiger partial charge is 0.492 e. The molecule has 0 unspecified atom stereocenters. The minimum Gasteiger partial charge on any atom is -0.492 e. The number of thiophene rings is 1. The van der Waals surface area contributed by atoms with E-state index in [1.165, 1.54) is 18.3 Å². The molecule has 96 valence electrons. The van der Waals surface area contributed by atoms with Crippen molar-refractivity contribution in [2.75, 3.05) is 30.8 Å². The van der Waals surface area contributed by atoms with Gasteiger partial charge in [-0.25, -0.2) is 0 Å². The molecular weight excluding hydrogens is 236 g/mol. The lowest BCUT2D eigenvalue weighted by Gasteiger charge is -2.21. The van der Waals surface area contributed by atoms with Crippen molar-refractivity contribution in [2.24, 2.45) is 0 Å². The third-order valence-corrected chi connectivity index (χ3v) is 3.92. The van der Waals surface area contributed by atoms with Crippen LogP contribution in [-0.4, -0.2) is 26.0 Å². The molecule has 1 heterocycles. The Bertz CT molecular complexity index is 401. The van der Waals surface area contributed by atoms with Crippen molar-refractivity contribution in [3.8, 4) is 5.75 Å². The topological polar surface area (TPSA) is 55.6 Å². The van der Waals surface area contributed by atoms with E-state index in [4.69, 9.17) is 10.5 Å². The first kappa shape index (κ1) is 13.8. The highest BCUT2D eigenvalue weighted by atomic mass is 32.1.